The third-order valence-corrected chi connectivity index (χ3v) is 4.62. The lowest BCUT2D eigenvalue weighted by atomic mass is 10.0. The summed E-state index contributed by atoms with van der Waals surface area (Å²) in [5, 5.41) is 7.49. The number of hydrogen-bond acceptors (Lipinski definition) is 4. The highest BCUT2D eigenvalue weighted by Gasteiger charge is 2.25. The van der Waals surface area contributed by atoms with E-state index in [0.29, 0.717) is 6.04 Å². The van der Waals surface area contributed by atoms with Crippen molar-refractivity contribution in [2.24, 2.45) is 0 Å². The molecule has 2 N–H and O–H groups in total. The number of methoxy groups -OCH3 is 1. The highest BCUT2D eigenvalue weighted by atomic mass is 32.1. The monoisotopic (exact) mass is 335 g/mol. The molecule has 3 rings (SSSR count). The van der Waals surface area contributed by atoms with Crippen LogP contribution in [0.3, 0.4) is 0 Å². The standard InChI is InChI=1S/C17H25N3O2S/c1-21-15-6-2-13(3-7-15)16(20-8-10-22-11-9-20)12-18-17(23)19-14-4-5-14/h2-3,6-7,14,16H,4-5,8-12H2,1H3,(H2,18,19,23)/t16-/m0/s1. The molecule has 6 heteroatoms. The molecule has 1 aliphatic carbocycles. The molecule has 0 radical (unpaired) electrons. The molecule has 0 bridgehead atoms. The zero-order valence-corrected chi connectivity index (χ0v) is 14.4. The van der Waals surface area contributed by atoms with Gasteiger partial charge in [0.2, 0.25) is 0 Å². The number of nitrogens with one attached hydrogen (secondary N) is 2. The summed E-state index contributed by atoms with van der Waals surface area (Å²) in [5.74, 6) is 0.883. The number of morpholine rings is 1. The maximum atomic E-state index is 5.49. The van der Waals surface area contributed by atoms with Crippen molar-refractivity contribution in [3.63, 3.8) is 0 Å². The second kappa shape index (κ2) is 7.95. The molecule has 0 unspecified atom stereocenters. The van der Waals surface area contributed by atoms with Crippen LogP contribution in [-0.4, -0.2) is 56.0 Å². The Hall–Kier alpha value is -1.37. The molecule has 126 valence electrons. The van der Waals surface area contributed by atoms with Crippen molar-refractivity contribution in [1.29, 1.82) is 0 Å². The van der Waals surface area contributed by atoms with Crippen LogP contribution in [0.1, 0.15) is 24.4 Å². The number of thiocarbonyl (C=S) groups is 1. The molecule has 2 fully saturated rings. The van der Waals surface area contributed by atoms with Crippen LogP contribution in [0, 0.1) is 0 Å². The minimum Gasteiger partial charge on any atom is -0.497 e. The Morgan fingerprint density at radius 2 is 2.00 bits per heavy atom. The third kappa shape index (κ3) is 4.80. The quantitative estimate of drug-likeness (QED) is 0.772. The Labute approximate surface area is 143 Å². The SMILES string of the molecule is COc1ccc([C@H](CNC(=S)NC2CC2)N2CCOCC2)cc1. The van der Waals surface area contributed by atoms with E-state index in [9.17, 15) is 0 Å². The Kier molecular flexibility index (Phi) is 5.70. The molecular weight excluding hydrogens is 310 g/mol. The van der Waals surface area contributed by atoms with Crippen LogP contribution in [-0.2, 0) is 4.74 Å². The lowest BCUT2D eigenvalue weighted by Gasteiger charge is -2.35. The van der Waals surface area contributed by atoms with E-state index in [1.807, 2.05) is 12.1 Å². The maximum Gasteiger partial charge on any atom is 0.166 e. The van der Waals surface area contributed by atoms with E-state index in [4.69, 9.17) is 21.7 Å². The van der Waals surface area contributed by atoms with Gasteiger partial charge in [-0.2, -0.15) is 0 Å². The summed E-state index contributed by atoms with van der Waals surface area (Å²) < 4.78 is 10.8. The molecule has 1 saturated heterocycles. The molecule has 2 aliphatic rings. The van der Waals surface area contributed by atoms with Gasteiger partial charge in [0.1, 0.15) is 5.75 Å². The number of rotatable bonds is 6. The fourth-order valence-corrected chi connectivity index (χ4v) is 3.08. The van der Waals surface area contributed by atoms with Gasteiger partial charge >= 0.3 is 0 Å². The first-order valence-corrected chi connectivity index (χ1v) is 8.67. The van der Waals surface area contributed by atoms with Gasteiger partial charge < -0.3 is 20.1 Å². The molecule has 0 amide bonds. The molecule has 1 aromatic rings. The van der Waals surface area contributed by atoms with E-state index < -0.39 is 0 Å². The molecular formula is C17H25N3O2S. The molecule has 1 aromatic carbocycles. The van der Waals surface area contributed by atoms with Gasteiger partial charge in [-0.3, -0.25) is 4.90 Å². The fourth-order valence-electron chi connectivity index (χ4n) is 2.83. The van der Waals surface area contributed by atoms with Crippen molar-refractivity contribution in [3.8, 4) is 5.75 Å². The van der Waals surface area contributed by atoms with Crippen LogP contribution < -0.4 is 15.4 Å². The van der Waals surface area contributed by atoms with E-state index in [-0.39, 0.29) is 6.04 Å². The first kappa shape index (κ1) is 16.5. The predicted octanol–water partition coefficient (Wildman–Crippen LogP) is 1.69. The minimum absolute atomic E-state index is 0.281. The van der Waals surface area contributed by atoms with E-state index >= 15 is 0 Å². The molecule has 23 heavy (non-hydrogen) atoms. The molecule has 1 atom stereocenters. The average molecular weight is 335 g/mol. The van der Waals surface area contributed by atoms with Gasteiger partial charge in [0.05, 0.1) is 26.4 Å². The highest BCUT2D eigenvalue weighted by Crippen LogP contribution is 2.24. The summed E-state index contributed by atoms with van der Waals surface area (Å²) in [7, 11) is 1.69. The van der Waals surface area contributed by atoms with Crippen LogP contribution in [0.4, 0.5) is 0 Å². The molecule has 1 saturated carbocycles. The molecule has 0 aromatic heterocycles. The van der Waals surface area contributed by atoms with E-state index in [2.05, 4.69) is 27.7 Å². The summed E-state index contributed by atoms with van der Waals surface area (Å²) in [6.07, 6.45) is 2.46. The largest absolute Gasteiger partial charge is 0.497 e. The van der Waals surface area contributed by atoms with Gasteiger partial charge in [-0.25, -0.2) is 0 Å². The number of ether oxygens (including phenoxy) is 2. The number of benzene rings is 1. The van der Waals surface area contributed by atoms with Crippen LogP contribution in [0.25, 0.3) is 0 Å². The van der Waals surface area contributed by atoms with Gasteiger partial charge in [-0.05, 0) is 42.8 Å². The van der Waals surface area contributed by atoms with Crippen molar-refractivity contribution >= 4 is 17.3 Å². The van der Waals surface area contributed by atoms with Crippen molar-refractivity contribution in [2.45, 2.75) is 24.9 Å². The fraction of sp³-hybridized carbons (Fsp3) is 0.588. The van der Waals surface area contributed by atoms with Gasteiger partial charge in [-0.15, -0.1) is 0 Å². The topological polar surface area (TPSA) is 45.8 Å². The van der Waals surface area contributed by atoms with E-state index in [1.54, 1.807) is 7.11 Å². The summed E-state index contributed by atoms with van der Waals surface area (Å²) in [5.41, 5.74) is 1.27. The first-order valence-electron chi connectivity index (χ1n) is 8.26. The normalized spacial score (nSPS) is 19.9. The Bertz CT molecular complexity index is 513. The Morgan fingerprint density at radius 1 is 1.30 bits per heavy atom. The van der Waals surface area contributed by atoms with Crippen LogP contribution in [0.2, 0.25) is 0 Å². The van der Waals surface area contributed by atoms with Gasteiger partial charge in [0.15, 0.2) is 5.11 Å². The zero-order valence-electron chi connectivity index (χ0n) is 13.6. The number of hydrogen-bond donors (Lipinski definition) is 2. The maximum absolute atomic E-state index is 5.49. The predicted molar refractivity (Wildman–Crippen MR) is 94.9 cm³/mol. The van der Waals surface area contributed by atoms with Crippen molar-refractivity contribution in [3.05, 3.63) is 29.8 Å². The van der Waals surface area contributed by atoms with Gasteiger partial charge in [-0.1, -0.05) is 12.1 Å². The third-order valence-electron chi connectivity index (χ3n) is 4.36. The Morgan fingerprint density at radius 3 is 2.61 bits per heavy atom. The van der Waals surface area contributed by atoms with Crippen LogP contribution in [0.15, 0.2) is 24.3 Å². The minimum atomic E-state index is 0.281. The van der Waals surface area contributed by atoms with Crippen molar-refractivity contribution in [2.75, 3.05) is 40.0 Å². The summed E-state index contributed by atoms with van der Waals surface area (Å²) in [6.45, 7) is 4.27. The van der Waals surface area contributed by atoms with Crippen LogP contribution in [0.5, 0.6) is 5.75 Å². The molecule has 5 nitrogen and oxygen atoms in total. The molecule has 1 aliphatic heterocycles. The average Bonchev–Trinajstić information content (AvgIpc) is 3.40. The summed E-state index contributed by atoms with van der Waals surface area (Å²) in [4.78, 5) is 2.46. The molecule has 0 spiro atoms. The van der Waals surface area contributed by atoms with Gasteiger partial charge in [0, 0.05) is 25.7 Å². The second-order valence-corrected chi connectivity index (χ2v) is 6.47. The van der Waals surface area contributed by atoms with Gasteiger partial charge in [0.25, 0.3) is 0 Å². The summed E-state index contributed by atoms with van der Waals surface area (Å²) >= 11 is 5.39. The smallest absolute Gasteiger partial charge is 0.166 e. The van der Waals surface area contributed by atoms with Crippen molar-refractivity contribution < 1.29 is 9.47 Å². The van der Waals surface area contributed by atoms with E-state index in [1.165, 1.54) is 18.4 Å². The van der Waals surface area contributed by atoms with Crippen LogP contribution >= 0.6 is 12.2 Å². The second-order valence-electron chi connectivity index (χ2n) is 6.07. The lowest BCUT2D eigenvalue weighted by Crippen LogP contribution is -2.46. The van der Waals surface area contributed by atoms with E-state index in [0.717, 1.165) is 43.7 Å². The number of nitrogens with zero attached hydrogens (tertiary/aromatic N) is 1. The lowest BCUT2D eigenvalue weighted by molar-refractivity contribution is 0.0170. The summed E-state index contributed by atoms with van der Waals surface area (Å²) in [6, 6.07) is 9.17. The zero-order chi connectivity index (χ0) is 16.1. The first-order chi connectivity index (χ1) is 11.3. The molecule has 1 heterocycles. The highest BCUT2D eigenvalue weighted by molar-refractivity contribution is 7.80. The Balaban J connectivity index is 1.65. The van der Waals surface area contributed by atoms with Crippen molar-refractivity contribution in [1.82, 2.24) is 15.5 Å².